The fourth-order valence-electron chi connectivity index (χ4n) is 1.46. The number of nitrogens with zero attached hydrogens (tertiary/aromatic N) is 3. The first-order valence-electron chi connectivity index (χ1n) is 6.49. The van der Waals surface area contributed by atoms with Crippen LogP contribution >= 0.6 is 11.6 Å². The topological polar surface area (TPSA) is 105 Å². The van der Waals surface area contributed by atoms with Gasteiger partial charge in [-0.2, -0.15) is 4.99 Å². The van der Waals surface area contributed by atoms with Crippen LogP contribution in [0.3, 0.4) is 0 Å². The number of aromatic nitrogens is 2. The number of aliphatic imine (C=N–C) groups is 2. The molecular weight excluding hydrogens is 300 g/mol. The minimum Gasteiger partial charge on any atom is -0.370 e. The Kier molecular flexibility index (Phi) is 6.85. The molecule has 0 bridgehead atoms. The second-order valence-corrected chi connectivity index (χ2v) is 4.62. The lowest BCUT2D eigenvalue weighted by Crippen LogP contribution is -2.24. The van der Waals surface area contributed by atoms with E-state index in [4.69, 9.17) is 23.1 Å². The Morgan fingerprint density at radius 2 is 2.00 bits per heavy atom. The van der Waals surface area contributed by atoms with Crippen LogP contribution < -0.4 is 11.5 Å². The fourth-order valence-corrected chi connectivity index (χ4v) is 1.64. The van der Waals surface area contributed by atoms with E-state index in [1.807, 2.05) is 26.0 Å². The zero-order valence-corrected chi connectivity index (χ0v) is 13.3. The number of hydrogen-bond donors (Lipinski definition) is 3. The summed E-state index contributed by atoms with van der Waals surface area (Å²) in [7, 11) is 0. The SMILES string of the molecule is C=CC.Cc1ncc(C(N=C(N)N)=Nc2ccccc2Cl)[nH]1. The number of benzene rings is 1. The summed E-state index contributed by atoms with van der Waals surface area (Å²) in [4.78, 5) is 15.4. The van der Waals surface area contributed by atoms with Crippen molar-refractivity contribution in [1.29, 1.82) is 0 Å². The van der Waals surface area contributed by atoms with Crippen molar-refractivity contribution in [2.24, 2.45) is 21.5 Å². The highest BCUT2D eigenvalue weighted by Crippen LogP contribution is 2.24. The van der Waals surface area contributed by atoms with Gasteiger partial charge in [0.15, 0.2) is 11.8 Å². The number of imidazole rings is 1. The number of hydrogen-bond acceptors (Lipinski definition) is 2. The Labute approximate surface area is 134 Å². The molecule has 0 aliphatic rings. The molecule has 0 radical (unpaired) electrons. The molecule has 2 rings (SSSR count). The van der Waals surface area contributed by atoms with Gasteiger partial charge in [0.25, 0.3) is 0 Å². The number of para-hydroxylation sites is 1. The first-order chi connectivity index (χ1) is 10.5. The molecule has 0 atom stereocenters. The number of rotatable bonds is 2. The molecule has 7 heteroatoms. The van der Waals surface area contributed by atoms with E-state index in [0.29, 0.717) is 22.2 Å². The third-order valence-electron chi connectivity index (χ3n) is 2.26. The van der Waals surface area contributed by atoms with Crippen LogP contribution in [-0.4, -0.2) is 21.8 Å². The molecule has 0 amide bonds. The fraction of sp³-hybridized carbons (Fsp3) is 0.133. The van der Waals surface area contributed by atoms with Crippen LogP contribution in [0.4, 0.5) is 5.69 Å². The molecule has 116 valence electrons. The molecule has 2 aromatic rings. The molecule has 0 spiro atoms. The molecule has 6 nitrogen and oxygen atoms in total. The molecule has 1 aromatic carbocycles. The van der Waals surface area contributed by atoms with Crippen molar-refractivity contribution in [1.82, 2.24) is 9.97 Å². The van der Waals surface area contributed by atoms with Crippen LogP contribution in [0.2, 0.25) is 5.02 Å². The normalized spacial score (nSPS) is 10.4. The highest BCUT2D eigenvalue weighted by atomic mass is 35.5. The molecule has 0 aliphatic carbocycles. The van der Waals surface area contributed by atoms with Gasteiger partial charge in [-0.1, -0.05) is 29.8 Å². The number of aromatic amines is 1. The van der Waals surface area contributed by atoms with E-state index in [2.05, 4.69) is 26.5 Å². The van der Waals surface area contributed by atoms with Gasteiger partial charge in [-0.15, -0.1) is 6.58 Å². The lowest BCUT2D eigenvalue weighted by molar-refractivity contribution is 1.14. The number of nitrogens with one attached hydrogen (secondary N) is 1. The van der Waals surface area contributed by atoms with E-state index in [-0.39, 0.29) is 5.96 Å². The summed E-state index contributed by atoms with van der Waals surface area (Å²) in [5.41, 5.74) is 12.0. The largest absolute Gasteiger partial charge is 0.370 e. The number of H-pyrrole nitrogens is 1. The summed E-state index contributed by atoms with van der Waals surface area (Å²) < 4.78 is 0. The molecule has 1 aromatic heterocycles. The monoisotopic (exact) mass is 318 g/mol. The molecule has 0 fully saturated rings. The average molecular weight is 319 g/mol. The van der Waals surface area contributed by atoms with Gasteiger partial charge in [-0.25, -0.2) is 9.98 Å². The van der Waals surface area contributed by atoms with Crippen LogP contribution in [0.15, 0.2) is 53.1 Å². The number of amidine groups is 1. The molecule has 22 heavy (non-hydrogen) atoms. The molecule has 0 unspecified atom stereocenters. The second kappa shape index (κ2) is 8.63. The third kappa shape index (κ3) is 5.41. The van der Waals surface area contributed by atoms with E-state index >= 15 is 0 Å². The van der Waals surface area contributed by atoms with E-state index in [1.165, 1.54) is 0 Å². The highest BCUT2D eigenvalue weighted by molar-refractivity contribution is 6.33. The van der Waals surface area contributed by atoms with Crippen molar-refractivity contribution >= 4 is 29.1 Å². The van der Waals surface area contributed by atoms with Crippen LogP contribution in [0, 0.1) is 6.92 Å². The van der Waals surface area contributed by atoms with Crippen molar-refractivity contribution in [3.8, 4) is 0 Å². The minimum absolute atomic E-state index is 0.0851. The molecule has 1 heterocycles. The average Bonchev–Trinajstić information content (AvgIpc) is 2.87. The van der Waals surface area contributed by atoms with Crippen LogP contribution in [0.5, 0.6) is 0 Å². The van der Waals surface area contributed by atoms with Crippen LogP contribution in [0.25, 0.3) is 0 Å². The maximum atomic E-state index is 6.05. The highest BCUT2D eigenvalue weighted by Gasteiger charge is 2.07. The van der Waals surface area contributed by atoms with E-state index in [0.717, 1.165) is 5.82 Å². The van der Waals surface area contributed by atoms with Crippen molar-refractivity contribution in [3.63, 3.8) is 0 Å². The number of nitrogens with two attached hydrogens (primary N) is 2. The van der Waals surface area contributed by atoms with Crippen molar-refractivity contribution in [2.45, 2.75) is 13.8 Å². The summed E-state index contributed by atoms with van der Waals surface area (Å²) >= 11 is 6.05. The number of allylic oxidation sites excluding steroid dienone is 1. The molecular formula is C15H19ClN6. The summed E-state index contributed by atoms with van der Waals surface area (Å²) in [5.74, 6) is 0.986. The van der Waals surface area contributed by atoms with Gasteiger partial charge in [0.05, 0.1) is 16.9 Å². The maximum Gasteiger partial charge on any atom is 0.192 e. The number of aryl methyl sites for hydroxylation is 1. The standard InChI is InChI=1S/C12H13ClN6.C3H6/c1-7-16-6-10(17-7)11(19-12(14)15)18-9-5-3-2-4-8(9)13;1-3-2/h2-6H,1H3,(H,16,17)(H4,14,15,18,19);3H,1H2,2H3. The first-order valence-corrected chi connectivity index (χ1v) is 6.87. The van der Waals surface area contributed by atoms with Gasteiger partial charge in [-0.05, 0) is 26.0 Å². The lowest BCUT2D eigenvalue weighted by atomic mass is 10.3. The molecule has 0 saturated carbocycles. The predicted molar refractivity (Wildman–Crippen MR) is 92.7 cm³/mol. The Hall–Kier alpha value is -2.60. The number of guanidine groups is 1. The van der Waals surface area contributed by atoms with Gasteiger partial charge < -0.3 is 16.5 Å². The first kappa shape index (κ1) is 17.5. The van der Waals surface area contributed by atoms with Crippen molar-refractivity contribution in [2.75, 3.05) is 0 Å². The third-order valence-corrected chi connectivity index (χ3v) is 2.58. The van der Waals surface area contributed by atoms with Gasteiger partial charge in [0.2, 0.25) is 0 Å². The molecule has 5 N–H and O–H groups in total. The zero-order valence-electron chi connectivity index (χ0n) is 12.5. The van der Waals surface area contributed by atoms with Gasteiger partial charge in [0, 0.05) is 0 Å². The van der Waals surface area contributed by atoms with Crippen LogP contribution in [0.1, 0.15) is 18.4 Å². The van der Waals surface area contributed by atoms with Crippen molar-refractivity contribution < 1.29 is 0 Å². The van der Waals surface area contributed by atoms with Gasteiger partial charge in [0.1, 0.15) is 11.5 Å². The summed E-state index contributed by atoms with van der Waals surface area (Å²) in [6, 6.07) is 7.16. The van der Waals surface area contributed by atoms with Crippen LogP contribution in [-0.2, 0) is 0 Å². The second-order valence-electron chi connectivity index (χ2n) is 4.21. The predicted octanol–water partition coefficient (Wildman–Crippen LogP) is 2.92. The lowest BCUT2D eigenvalue weighted by Gasteiger charge is -2.01. The quantitative estimate of drug-likeness (QED) is 0.450. The summed E-state index contributed by atoms with van der Waals surface area (Å²) in [6.07, 6.45) is 3.36. The van der Waals surface area contributed by atoms with Gasteiger partial charge in [-0.3, -0.25) is 0 Å². The smallest absolute Gasteiger partial charge is 0.192 e. The van der Waals surface area contributed by atoms with Gasteiger partial charge >= 0.3 is 0 Å². The van der Waals surface area contributed by atoms with E-state index in [9.17, 15) is 0 Å². The maximum absolute atomic E-state index is 6.05. The molecule has 0 aliphatic heterocycles. The Balaban J connectivity index is 0.000000745. The van der Waals surface area contributed by atoms with E-state index in [1.54, 1.807) is 24.4 Å². The Bertz CT molecular complexity index is 683. The summed E-state index contributed by atoms with van der Waals surface area (Å²) in [6.45, 7) is 7.08. The number of halogens is 1. The Morgan fingerprint density at radius 1 is 1.36 bits per heavy atom. The zero-order chi connectivity index (χ0) is 16.5. The van der Waals surface area contributed by atoms with Crippen molar-refractivity contribution in [3.05, 3.63) is 59.7 Å². The summed E-state index contributed by atoms with van der Waals surface area (Å²) in [5, 5.41) is 0.516. The minimum atomic E-state index is -0.0851. The molecule has 0 saturated heterocycles. The van der Waals surface area contributed by atoms with E-state index < -0.39 is 0 Å². The Morgan fingerprint density at radius 3 is 2.50 bits per heavy atom.